The third kappa shape index (κ3) is 5.62. The average molecular weight is 422 g/mol. The third-order valence-corrected chi connectivity index (χ3v) is 3.63. The highest BCUT2D eigenvalue weighted by molar-refractivity contribution is 14.0. The van der Waals surface area contributed by atoms with E-state index in [4.69, 9.17) is 5.73 Å². The van der Waals surface area contributed by atoms with Gasteiger partial charge in [-0.25, -0.2) is 9.38 Å². The highest BCUT2D eigenvalue weighted by atomic mass is 127. The molecular weight excluding hydrogens is 394 g/mol. The minimum Gasteiger partial charge on any atom is -0.370 e. The van der Waals surface area contributed by atoms with Crippen LogP contribution < -0.4 is 10.6 Å². The van der Waals surface area contributed by atoms with Crippen molar-refractivity contribution in [2.24, 2.45) is 10.7 Å². The fourth-order valence-electron chi connectivity index (χ4n) is 2.29. The van der Waals surface area contributed by atoms with Crippen molar-refractivity contribution in [3.8, 4) is 0 Å². The van der Waals surface area contributed by atoms with Crippen LogP contribution in [0.25, 0.3) is 0 Å². The Hall–Kier alpha value is -1.05. The van der Waals surface area contributed by atoms with Crippen LogP contribution in [0.15, 0.2) is 23.2 Å². The average Bonchev–Trinajstić information content (AvgIpc) is 2.49. The van der Waals surface area contributed by atoms with Crippen molar-refractivity contribution in [2.45, 2.75) is 34.2 Å². The molecule has 0 aliphatic rings. The van der Waals surface area contributed by atoms with Crippen LogP contribution in [0.1, 0.15) is 33.3 Å². The van der Waals surface area contributed by atoms with Crippen LogP contribution in [0.5, 0.6) is 0 Å². The summed E-state index contributed by atoms with van der Waals surface area (Å²) in [6, 6.07) is 5.28. The number of anilines is 1. The lowest BCUT2D eigenvalue weighted by molar-refractivity contribution is 0.458. The molecule has 1 aromatic rings. The molecule has 0 radical (unpaired) electrons. The number of aliphatic imine (C=N–C) groups is 1. The van der Waals surface area contributed by atoms with Crippen molar-refractivity contribution in [2.75, 3.05) is 31.1 Å². The predicted molar refractivity (Wildman–Crippen MR) is 104 cm³/mol. The Balaban J connectivity index is 0.00000441. The standard InChI is InChI=1S/C16H27FN4.HI/c1-5-20(6-2)15-10-9-13(11-14(15)17)12-19-16(18)21(7-3)8-4;/h9-11H,5-8,12H2,1-4H3,(H2,18,19);1H. The molecule has 6 heteroatoms. The second-order valence-corrected chi connectivity index (χ2v) is 4.80. The molecule has 0 bridgehead atoms. The zero-order valence-corrected chi connectivity index (χ0v) is 16.3. The van der Waals surface area contributed by atoms with Crippen LogP contribution >= 0.6 is 24.0 Å². The molecule has 0 heterocycles. The number of hydrogen-bond acceptors (Lipinski definition) is 2. The van der Waals surface area contributed by atoms with E-state index in [0.717, 1.165) is 31.7 Å². The van der Waals surface area contributed by atoms with Crippen LogP contribution in [0, 0.1) is 5.82 Å². The number of guanidine groups is 1. The quantitative estimate of drug-likeness (QED) is 0.416. The van der Waals surface area contributed by atoms with Crippen molar-refractivity contribution in [1.82, 2.24) is 4.90 Å². The number of halogens is 2. The van der Waals surface area contributed by atoms with Gasteiger partial charge in [-0.3, -0.25) is 0 Å². The molecule has 0 aliphatic carbocycles. The van der Waals surface area contributed by atoms with Gasteiger partial charge in [0, 0.05) is 26.2 Å². The maximum Gasteiger partial charge on any atom is 0.191 e. The van der Waals surface area contributed by atoms with Gasteiger partial charge in [0.1, 0.15) is 5.82 Å². The highest BCUT2D eigenvalue weighted by Gasteiger charge is 2.09. The molecule has 0 saturated heterocycles. The first kappa shape index (κ1) is 20.9. The fourth-order valence-corrected chi connectivity index (χ4v) is 2.29. The van der Waals surface area contributed by atoms with Gasteiger partial charge in [-0.2, -0.15) is 0 Å². The summed E-state index contributed by atoms with van der Waals surface area (Å²) < 4.78 is 14.2. The molecular formula is C16H28FIN4. The van der Waals surface area contributed by atoms with Gasteiger partial charge in [-0.1, -0.05) is 6.07 Å². The van der Waals surface area contributed by atoms with E-state index < -0.39 is 0 Å². The molecule has 22 heavy (non-hydrogen) atoms. The van der Waals surface area contributed by atoms with Gasteiger partial charge >= 0.3 is 0 Å². The molecule has 1 aromatic carbocycles. The Morgan fingerprint density at radius 2 is 1.68 bits per heavy atom. The predicted octanol–water partition coefficient (Wildman–Crippen LogP) is 3.45. The molecule has 0 aliphatic heterocycles. The van der Waals surface area contributed by atoms with E-state index in [0.29, 0.717) is 18.2 Å². The van der Waals surface area contributed by atoms with Crippen LogP contribution in [-0.4, -0.2) is 37.0 Å². The zero-order valence-electron chi connectivity index (χ0n) is 14.0. The smallest absolute Gasteiger partial charge is 0.191 e. The molecule has 0 aromatic heterocycles. The minimum atomic E-state index is -0.201. The van der Waals surface area contributed by atoms with E-state index in [-0.39, 0.29) is 29.8 Å². The SMILES string of the molecule is CCN(CC)C(N)=NCc1ccc(N(CC)CC)c(F)c1.I. The van der Waals surface area contributed by atoms with Gasteiger partial charge < -0.3 is 15.5 Å². The Labute approximate surface area is 150 Å². The molecule has 0 atom stereocenters. The first-order chi connectivity index (χ1) is 10.1. The van der Waals surface area contributed by atoms with E-state index >= 15 is 0 Å². The molecule has 0 unspecified atom stereocenters. The van der Waals surface area contributed by atoms with Crippen LogP contribution in [0.2, 0.25) is 0 Å². The van der Waals surface area contributed by atoms with Crippen LogP contribution in [0.3, 0.4) is 0 Å². The van der Waals surface area contributed by atoms with E-state index in [2.05, 4.69) is 4.99 Å². The second-order valence-electron chi connectivity index (χ2n) is 4.80. The second kappa shape index (κ2) is 10.6. The van der Waals surface area contributed by atoms with Gasteiger partial charge in [0.2, 0.25) is 0 Å². The molecule has 0 spiro atoms. The lowest BCUT2D eigenvalue weighted by Crippen LogP contribution is -2.37. The summed E-state index contributed by atoms with van der Waals surface area (Å²) in [4.78, 5) is 8.30. The van der Waals surface area contributed by atoms with Crippen LogP contribution in [-0.2, 0) is 6.54 Å². The van der Waals surface area contributed by atoms with Gasteiger partial charge in [0.25, 0.3) is 0 Å². The molecule has 0 amide bonds. The van der Waals surface area contributed by atoms with Crippen molar-refractivity contribution >= 4 is 35.6 Å². The molecule has 126 valence electrons. The van der Waals surface area contributed by atoms with Crippen molar-refractivity contribution in [3.05, 3.63) is 29.6 Å². The summed E-state index contributed by atoms with van der Waals surface area (Å²) in [6.07, 6.45) is 0. The normalized spacial score (nSPS) is 11.0. The monoisotopic (exact) mass is 422 g/mol. The maximum absolute atomic E-state index is 14.2. The summed E-state index contributed by atoms with van der Waals surface area (Å²) in [7, 11) is 0. The molecule has 2 N–H and O–H groups in total. The summed E-state index contributed by atoms with van der Waals surface area (Å²) in [5, 5.41) is 0. The van der Waals surface area contributed by atoms with E-state index in [1.807, 2.05) is 49.6 Å². The van der Waals surface area contributed by atoms with Crippen molar-refractivity contribution < 1.29 is 4.39 Å². The van der Waals surface area contributed by atoms with E-state index in [1.165, 1.54) is 0 Å². The van der Waals surface area contributed by atoms with E-state index in [1.54, 1.807) is 6.07 Å². The van der Waals surface area contributed by atoms with Crippen molar-refractivity contribution in [1.29, 1.82) is 0 Å². The summed E-state index contributed by atoms with van der Waals surface area (Å²) in [5.74, 6) is 0.307. The topological polar surface area (TPSA) is 44.9 Å². The number of nitrogens with zero attached hydrogens (tertiary/aromatic N) is 3. The van der Waals surface area contributed by atoms with Gasteiger partial charge in [-0.05, 0) is 45.4 Å². The molecule has 4 nitrogen and oxygen atoms in total. The Morgan fingerprint density at radius 1 is 1.09 bits per heavy atom. The number of hydrogen-bond donors (Lipinski definition) is 1. The maximum atomic E-state index is 14.2. The number of rotatable bonds is 7. The highest BCUT2D eigenvalue weighted by Crippen LogP contribution is 2.20. The Kier molecular flexibility index (Phi) is 10.1. The van der Waals surface area contributed by atoms with Crippen molar-refractivity contribution in [3.63, 3.8) is 0 Å². The number of benzene rings is 1. The molecule has 0 saturated carbocycles. The van der Waals surface area contributed by atoms with Crippen LogP contribution in [0.4, 0.5) is 10.1 Å². The summed E-state index contributed by atoms with van der Waals surface area (Å²) in [6.45, 7) is 11.7. The zero-order chi connectivity index (χ0) is 15.8. The van der Waals surface area contributed by atoms with E-state index in [9.17, 15) is 4.39 Å². The lowest BCUT2D eigenvalue weighted by atomic mass is 10.2. The Morgan fingerprint density at radius 3 is 2.14 bits per heavy atom. The summed E-state index contributed by atoms with van der Waals surface area (Å²) in [5.41, 5.74) is 7.39. The lowest BCUT2D eigenvalue weighted by Gasteiger charge is -2.22. The third-order valence-electron chi connectivity index (χ3n) is 3.63. The minimum absolute atomic E-state index is 0. The largest absolute Gasteiger partial charge is 0.370 e. The van der Waals surface area contributed by atoms with Gasteiger partial charge in [0.05, 0.1) is 12.2 Å². The fraction of sp³-hybridized carbons (Fsp3) is 0.562. The van der Waals surface area contributed by atoms with Gasteiger partial charge in [-0.15, -0.1) is 24.0 Å². The number of nitrogens with two attached hydrogens (primary N) is 1. The Bertz CT molecular complexity index is 471. The first-order valence-corrected chi connectivity index (χ1v) is 7.65. The molecule has 0 fully saturated rings. The van der Waals surface area contributed by atoms with Gasteiger partial charge in [0.15, 0.2) is 5.96 Å². The summed E-state index contributed by atoms with van der Waals surface area (Å²) >= 11 is 0. The first-order valence-electron chi connectivity index (χ1n) is 7.65. The molecule has 1 rings (SSSR count).